The van der Waals surface area contributed by atoms with Crippen LogP contribution in [0.4, 0.5) is 13.2 Å². The van der Waals surface area contributed by atoms with Gasteiger partial charge in [-0.05, 0) is 30.7 Å². The molecule has 5 rings (SSSR count). The number of ether oxygens (including phenoxy) is 1. The first-order valence-electron chi connectivity index (χ1n) is 12.7. The minimum atomic E-state index is -1.60. The Bertz CT molecular complexity index is 1300. The van der Waals surface area contributed by atoms with E-state index in [9.17, 15) is 33.6 Å². The predicted molar refractivity (Wildman–Crippen MR) is 138 cm³/mol. The summed E-state index contributed by atoms with van der Waals surface area (Å²) in [5, 5.41) is 51.8. The molecule has 13 heteroatoms. The maximum atomic E-state index is 13.8. The van der Waals surface area contributed by atoms with Gasteiger partial charge in [-0.25, -0.2) is 28.7 Å². The summed E-state index contributed by atoms with van der Waals surface area (Å²) < 4.78 is 47.6. The van der Waals surface area contributed by atoms with Crippen molar-refractivity contribution in [2.45, 2.75) is 54.1 Å². The molecule has 0 amide bonds. The third-order valence-corrected chi connectivity index (χ3v) is 11.3. The maximum Gasteiger partial charge on any atom is 0.194 e. The molecule has 4 N–H and O–H groups in total. The number of pyridine rings is 1. The number of hydrogen-bond acceptors (Lipinski definition) is 8. The lowest BCUT2D eigenvalue weighted by Gasteiger charge is -2.52. The van der Waals surface area contributed by atoms with Gasteiger partial charge in [0.2, 0.25) is 0 Å². The number of hydrogen-bond donors (Lipinski definition) is 5. The van der Waals surface area contributed by atoms with Crippen molar-refractivity contribution in [3.63, 3.8) is 0 Å². The first-order valence-corrected chi connectivity index (χ1v) is 14.3. The Hall–Kier alpha value is -2.55. The monoisotopic (exact) mass is 568 g/mol. The van der Waals surface area contributed by atoms with Gasteiger partial charge in [0, 0.05) is 48.8 Å². The van der Waals surface area contributed by atoms with E-state index in [-0.39, 0.29) is 17.0 Å². The molecule has 4 heterocycles. The fourth-order valence-corrected chi connectivity index (χ4v) is 9.47. The topological polar surface area (TPSA) is 134 Å². The lowest BCUT2D eigenvalue weighted by atomic mass is 9.87. The third-order valence-electron chi connectivity index (χ3n) is 7.75. The summed E-state index contributed by atoms with van der Waals surface area (Å²) in [6.45, 7) is 2.18. The lowest BCUT2D eigenvalue weighted by molar-refractivity contribution is -0.0664. The van der Waals surface area contributed by atoms with Crippen molar-refractivity contribution < 1.29 is 38.3 Å². The summed E-state index contributed by atoms with van der Waals surface area (Å²) in [6.07, 6.45) is 1.18. The van der Waals surface area contributed by atoms with Gasteiger partial charge in [0.1, 0.15) is 11.7 Å². The molecular weight excluding hydrogens is 537 g/mol. The number of halogens is 3. The summed E-state index contributed by atoms with van der Waals surface area (Å²) in [7, 11) is -1.43. The van der Waals surface area contributed by atoms with Crippen LogP contribution in [0.25, 0.3) is 11.3 Å². The van der Waals surface area contributed by atoms with Crippen molar-refractivity contribution in [2.24, 2.45) is 0 Å². The van der Waals surface area contributed by atoms with E-state index in [4.69, 9.17) is 4.74 Å². The van der Waals surface area contributed by atoms with Crippen molar-refractivity contribution in [3.8, 4) is 11.3 Å². The van der Waals surface area contributed by atoms with E-state index in [1.807, 2.05) is 13.0 Å². The highest BCUT2D eigenvalue weighted by atomic mass is 32.2. The van der Waals surface area contributed by atoms with Crippen molar-refractivity contribution in [2.75, 3.05) is 25.6 Å². The number of rotatable bonds is 6. The van der Waals surface area contributed by atoms with Gasteiger partial charge in [-0.3, -0.25) is 4.98 Å². The minimum absolute atomic E-state index is 0.0130. The Morgan fingerprint density at radius 1 is 1.18 bits per heavy atom. The molecule has 6 atom stereocenters. The summed E-state index contributed by atoms with van der Waals surface area (Å²) in [5.41, 5.74) is 0.255. The molecule has 1 unspecified atom stereocenters. The maximum absolute atomic E-state index is 13.8. The van der Waals surface area contributed by atoms with Gasteiger partial charge in [-0.15, -0.1) is 5.10 Å². The first-order chi connectivity index (χ1) is 18.6. The molecule has 2 aliphatic rings. The van der Waals surface area contributed by atoms with Crippen LogP contribution in [0.1, 0.15) is 35.4 Å². The van der Waals surface area contributed by atoms with Crippen LogP contribution in [0.5, 0.6) is 0 Å². The van der Waals surface area contributed by atoms with Crippen LogP contribution >= 0.6 is 10.9 Å². The van der Waals surface area contributed by atoms with Crippen LogP contribution in [0, 0.1) is 24.4 Å². The van der Waals surface area contributed by atoms with Gasteiger partial charge in [0.25, 0.3) is 0 Å². The molecule has 1 aromatic carbocycles. The van der Waals surface area contributed by atoms with E-state index < -0.39 is 69.3 Å². The van der Waals surface area contributed by atoms with E-state index >= 15 is 0 Å². The molecule has 0 bridgehead atoms. The van der Waals surface area contributed by atoms with Crippen LogP contribution in [-0.2, 0) is 4.74 Å². The molecule has 0 saturated carbocycles. The van der Waals surface area contributed by atoms with Gasteiger partial charge in [0.15, 0.2) is 17.5 Å². The molecule has 0 aliphatic carbocycles. The predicted octanol–water partition coefficient (Wildman–Crippen LogP) is 1.99. The van der Waals surface area contributed by atoms with E-state index in [1.165, 1.54) is 10.9 Å². The minimum Gasteiger partial charge on any atom is -0.395 e. The van der Waals surface area contributed by atoms with E-state index in [2.05, 4.69) is 15.3 Å². The Labute approximate surface area is 225 Å². The molecule has 0 spiro atoms. The number of thiol groups is 1. The molecule has 39 heavy (non-hydrogen) atoms. The van der Waals surface area contributed by atoms with E-state index in [0.29, 0.717) is 31.7 Å². The van der Waals surface area contributed by atoms with Crippen molar-refractivity contribution in [1.29, 1.82) is 0 Å². The first kappa shape index (κ1) is 28.0. The summed E-state index contributed by atoms with van der Waals surface area (Å²) in [4.78, 5) is 4.58. The van der Waals surface area contributed by atoms with Crippen LogP contribution in [-0.4, -0.2) is 89.0 Å². The molecule has 3 aromatic rings. The van der Waals surface area contributed by atoms with Gasteiger partial charge in [-0.1, -0.05) is 11.3 Å². The molecule has 0 radical (unpaired) electrons. The van der Waals surface area contributed by atoms with Crippen LogP contribution in [0.2, 0.25) is 0 Å². The Balaban J connectivity index is 1.49. The number of benzene rings is 1. The number of aromatic nitrogens is 4. The lowest BCUT2D eigenvalue weighted by Crippen LogP contribution is -2.53. The fraction of sp³-hybridized carbons (Fsp3) is 0.500. The van der Waals surface area contributed by atoms with Gasteiger partial charge >= 0.3 is 0 Å². The van der Waals surface area contributed by atoms with Crippen molar-refractivity contribution >= 4 is 10.9 Å². The number of aryl methyl sites for hydroxylation is 1. The molecule has 9 nitrogen and oxygen atoms in total. The third kappa shape index (κ3) is 5.19. The second kappa shape index (κ2) is 11.1. The highest BCUT2D eigenvalue weighted by Crippen LogP contribution is 2.59. The molecule has 2 aromatic heterocycles. The van der Waals surface area contributed by atoms with Crippen LogP contribution < -0.4 is 0 Å². The largest absolute Gasteiger partial charge is 0.395 e. The average Bonchev–Trinajstić information content (AvgIpc) is 3.38. The molecular formula is C26H31F3N4O5S. The normalized spacial score (nSPS) is 28.8. The number of aliphatic hydroxyl groups is 4. The number of aliphatic hydroxyl groups excluding tert-OH is 3. The fourth-order valence-electron chi connectivity index (χ4n) is 5.71. The second-order valence-corrected chi connectivity index (χ2v) is 12.7. The van der Waals surface area contributed by atoms with Crippen LogP contribution in [0.3, 0.4) is 0 Å². The highest BCUT2D eigenvalue weighted by Gasteiger charge is 2.52. The van der Waals surface area contributed by atoms with Crippen molar-refractivity contribution in [1.82, 2.24) is 20.0 Å². The average molecular weight is 569 g/mol. The summed E-state index contributed by atoms with van der Waals surface area (Å²) in [6, 6.07) is 4.21. The highest BCUT2D eigenvalue weighted by molar-refractivity contribution is 8.18. The van der Waals surface area contributed by atoms with Gasteiger partial charge in [-0.2, -0.15) is 0 Å². The zero-order chi connectivity index (χ0) is 27.9. The molecule has 212 valence electrons. The SMILES string of the molecule is Cc1cccnc1[C@H]([SH]1C[C@H](O)[C@H](n2cc(-c3cc(F)c(F)c(F)c3)nn2)[C@@H](O)[C@H]1CO)C1(O)CCOCC1. The molecule has 2 saturated heterocycles. The zero-order valence-electron chi connectivity index (χ0n) is 21.2. The smallest absolute Gasteiger partial charge is 0.194 e. The Kier molecular flexibility index (Phi) is 8.00. The van der Waals surface area contributed by atoms with Gasteiger partial charge < -0.3 is 25.2 Å². The molecule has 2 aliphatic heterocycles. The Morgan fingerprint density at radius 3 is 2.51 bits per heavy atom. The second-order valence-electron chi connectivity index (χ2n) is 10.2. The quantitative estimate of drug-likeness (QED) is 0.225. The standard InChI is InChI=1S/C26H31F3N4O5S/c1-14-3-2-6-30-22(14)25(26(37)4-7-38-8-5-26)39-13-19(35)23(24(36)20(39)12-34)33-11-18(31-32-33)15-9-16(27)21(29)17(28)10-15/h2-3,6,9-11,19-20,23-25,34-37,39H,4-5,7-8,12-13H2,1H3/t19-,20+,23-,24-,25-/m0/s1. The summed E-state index contributed by atoms with van der Waals surface area (Å²) in [5.74, 6) is -4.22. The molecule has 2 fully saturated rings. The summed E-state index contributed by atoms with van der Waals surface area (Å²) >= 11 is 0. The van der Waals surface area contributed by atoms with E-state index in [1.54, 1.807) is 12.3 Å². The van der Waals surface area contributed by atoms with E-state index in [0.717, 1.165) is 17.7 Å². The number of nitrogens with zero attached hydrogens (tertiary/aromatic N) is 4. The van der Waals surface area contributed by atoms with Crippen molar-refractivity contribution in [3.05, 3.63) is 65.4 Å². The van der Waals surface area contributed by atoms with Crippen LogP contribution in [0.15, 0.2) is 36.7 Å². The van der Waals surface area contributed by atoms with Gasteiger partial charge in [0.05, 0.1) is 41.6 Å². The Morgan fingerprint density at radius 2 is 1.87 bits per heavy atom. The zero-order valence-corrected chi connectivity index (χ0v) is 22.1.